The van der Waals surface area contributed by atoms with Crippen LogP contribution in [0.1, 0.15) is 17.3 Å². The van der Waals surface area contributed by atoms with Crippen molar-refractivity contribution in [2.24, 2.45) is 0 Å². The molecule has 0 spiro atoms. The number of benzene rings is 2. The Hall–Kier alpha value is -2.91. The van der Waals surface area contributed by atoms with Crippen LogP contribution in [0.3, 0.4) is 0 Å². The first kappa shape index (κ1) is 22.3. The SMILES string of the molecule is CC(=O)c1ccc(N2CCN(C(=O)CSc3nnc(-c4ccccc4Cl)o3)CC2)c(F)c1. The molecule has 2 heterocycles. The molecule has 1 aliphatic rings. The molecule has 0 aliphatic carbocycles. The lowest BCUT2D eigenvalue weighted by Crippen LogP contribution is -2.49. The van der Waals surface area contributed by atoms with Crippen molar-refractivity contribution in [3.8, 4) is 11.5 Å². The molecule has 1 aromatic heterocycles. The number of anilines is 1. The van der Waals surface area contributed by atoms with Gasteiger partial charge in [-0.2, -0.15) is 0 Å². The third-order valence-corrected chi connectivity index (χ3v) is 6.29. The van der Waals surface area contributed by atoms with E-state index in [0.717, 1.165) is 0 Å². The Kier molecular flexibility index (Phi) is 6.76. The van der Waals surface area contributed by atoms with Gasteiger partial charge in [-0.25, -0.2) is 4.39 Å². The maximum Gasteiger partial charge on any atom is 0.277 e. The summed E-state index contributed by atoms with van der Waals surface area (Å²) in [5.41, 5.74) is 1.42. The molecule has 1 aliphatic heterocycles. The molecule has 10 heteroatoms. The number of rotatable bonds is 6. The predicted molar refractivity (Wildman–Crippen MR) is 121 cm³/mol. The van der Waals surface area contributed by atoms with Gasteiger partial charge in [0.2, 0.25) is 11.8 Å². The number of hydrogen-bond donors (Lipinski definition) is 0. The molecular weight excluding hydrogens is 455 g/mol. The molecule has 1 saturated heterocycles. The number of halogens is 2. The monoisotopic (exact) mass is 474 g/mol. The second-order valence-electron chi connectivity index (χ2n) is 7.23. The number of thioether (sulfide) groups is 1. The first-order valence-corrected chi connectivity index (χ1v) is 11.3. The molecule has 7 nitrogen and oxygen atoms in total. The molecule has 32 heavy (non-hydrogen) atoms. The fourth-order valence-corrected chi connectivity index (χ4v) is 4.29. The van der Waals surface area contributed by atoms with Crippen molar-refractivity contribution >= 4 is 40.7 Å². The van der Waals surface area contributed by atoms with Crippen LogP contribution < -0.4 is 4.90 Å². The van der Waals surface area contributed by atoms with Crippen LogP contribution in [0.2, 0.25) is 5.02 Å². The van der Waals surface area contributed by atoms with Gasteiger partial charge < -0.3 is 14.2 Å². The molecule has 0 atom stereocenters. The summed E-state index contributed by atoms with van der Waals surface area (Å²) < 4.78 is 20.0. The van der Waals surface area contributed by atoms with E-state index in [1.807, 2.05) is 17.0 Å². The number of carbonyl (C=O) groups is 2. The van der Waals surface area contributed by atoms with Crippen LogP contribution in [0.25, 0.3) is 11.5 Å². The number of piperazine rings is 1. The minimum atomic E-state index is -0.432. The van der Waals surface area contributed by atoms with E-state index in [1.165, 1.54) is 24.8 Å². The quantitative estimate of drug-likeness (QED) is 0.391. The van der Waals surface area contributed by atoms with Crippen LogP contribution in [-0.2, 0) is 4.79 Å². The summed E-state index contributed by atoms with van der Waals surface area (Å²) in [5.74, 6) is -0.204. The van der Waals surface area contributed by atoms with Gasteiger partial charge in [0.15, 0.2) is 5.78 Å². The van der Waals surface area contributed by atoms with Crippen molar-refractivity contribution in [3.05, 3.63) is 58.9 Å². The van der Waals surface area contributed by atoms with E-state index in [4.69, 9.17) is 16.0 Å². The summed E-state index contributed by atoms with van der Waals surface area (Å²) in [4.78, 5) is 27.6. The topological polar surface area (TPSA) is 79.5 Å². The molecule has 0 unspecified atom stereocenters. The maximum atomic E-state index is 14.4. The molecular formula is C22H20ClFN4O3S. The fourth-order valence-electron chi connectivity index (χ4n) is 3.41. The van der Waals surface area contributed by atoms with Crippen LogP contribution in [0.5, 0.6) is 0 Å². The number of aromatic nitrogens is 2. The van der Waals surface area contributed by atoms with Gasteiger partial charge in [0, 0.05) is 31.7 Å². The number of hydrogen-bond acceptors (Lipinski definition) is 7. The second kappa shape index (κ2) is 9.70. The van der Waals surface area contributed by atoms with E-state index >= 15 is 0 Å². The Labute approximate surface area is 193 Å². The van der Waals surface area contributed by atoms with E-state index in [0.29, 0.717) is 59.1 Å². The number of carbonyl (C=O) groups excluding carboxylic acids is 2. The Morgan fingerprint density at radius 2 is 1.88 bits per heavy atom. The van der Waals surface area contributed by atoms with Gasteiger partial charge in [0.05, 0.1) is 22.0 Å². The molecule has 0 radical (unpaired) electrons. The molecule has 1 fully saturated rings. The summed E-state index contributed by atoms with van der Waals surface area (Å²) in [5, 5.41) is 8.77. The lowest BCUT2D eigenvalue weighted by Gasteiger charge is -2.36. The normalized spacial score (nSPS) is 14.0. The zero-order valence-corrected chi connectivity index (χ0v) is 18.8. The number of Topliss-reactive ketones (excluding diaryl/α,β-unsaturated/α-hetero) is 1. The lowest BCUT2D eigenvalue weighted by atomic mass is 10.1. The Bertz CT molecular complexity index is 1150. The predicted octanol–water partition coefficient (Wildman–Crippen LogP) is 4.17. The van der Waals surface area contributed by atoms with E-state index < -0.39 is 5.82 Å². The van der Waals surface area contributed by atoms with Crippen LogP contribution in [0.15, 0.2) is 52.1 Å². The average Bonchev–Trinajstić information content (AvgIpc) is 3.26. The highest BCUT2D eigenvalue weighted by atomic mass is 35.5. The van der Waals surface area contributed by atoms with Crippen LogP contribution in [-0.4, -0.2) is 58.7 Å². The van der Waals surface area contributed by atoms with Gasteiger partial charge in [0.25, 0.3) is 5.22 Å². The summed E-state index contributed by atoms with van der Waals surface area (Å²) in [7, 11) is 0. The molecule has 2 aromatic carbocycles. The lowest BCUT2D eigenvalue weighted by molar-refractivity contribution is -0.128. The average molecular weight is 475 g/mol. The Balaban J connectivity index is 1.30. The highest BCUT2D eigenvalue weighted by Gasteiger charge is 2.24. The second-order valence-corrected chi connectivity index (χ2v) is 8.57. The van der Waals surface area contributed by atoms with Crippen molar-refractivity contribution in [2.75, 3.05) is 36.8 Å². The smallest absolute Gasteiger partial charge is 0.277 e. The van der Waals surface area contributed by atoms with Crippen molar-refractivity contribution in [1.82, 2.24) is 15.1 Å². The van der Waals surface area contributed by atoms with Crippen molar-refractivity contribution in [2.45, 2.75) is 12.1 Å². The van der Waals surface area contributed by atoms with Gasteiger partial charge in [-0.05, 0) is 37.3 Å². The largest absolute Gasteiger partial charge is 0.411 e. The van der Waals surface area contributed by atoms with Crippen LogP contribution in [0, 0.1) is 5.82 Å². The highest BCUT2D eigenvalue weighted by molar-refractivity contribution is 7.99. The van der Waals surface area contributed by atoms with E-state index in [1.54, 1.807) is 29.2 Å². The van der Waals surface area contributed by atoms with Crippen LogP contribution in [0.4, 0.5) is 10.1 Å². The summed E-state index contributed by atoms with van der Waals surface area (Å²) >= 11 is 7.31. The van der Waals surface area contributed by atoms with Gasteiger partial charge in [-0.3, -0.25) is 9.59 Å². The van der Waals surface area contributed by atoms with Crippen LogP contribution >= 0.6 is 23.4 Å². The molecule has 0 bridgehead atoms. The van der Waals surface area contributed by atoms with Crippen molar-refractivity contribution < 1.29 is 18.4 Å². The Morgan fingerprint density at radius 1 is 1.12 bits per heavy atom. The third kappa shape index (κ3) is 4.94. The van der Waals surface area contributed by atoms with Crippen molar-refractivity contribution in [3.63, 3.8) is 0 Å². The minimum absolute atomic E-state index is 0.0560. The third-order valence-electron chi connectivity index (χ3n) is 5.16. The standard InChI is InChI=1S/C22H20ClFN4O3S/c1-14(29)15-6-7-19(18(24)12-15)27-8-10-28(11-9-27)20(30)13-32-22-26-25-21(31-22)16-4-2-3-5-17(16)23/h2-7,12H,8-11,13H2,1H3. The van der Waals surface area contributed by atoms with E-state index in [9.17, 15) is 14.0 Å². The summed E-state index contributed by atoms with van der Waals surface area (Å²) in [6.45, 7) is 3.36. The number of nitrogens with zero attached hydrogens (tertiary/aromatic N) is 4. The molecule has 3 aromatic rings. The maximum absolute atomic E-state index is 14.4. The first-order valence-electron chi connectivity index (χ1n) is 9.97. The highest BCUT2D eigenvalue weighted by Crippen LogP contribution is 2.29. The zero-order valence-electron chi connectivity index (χ0n) is 17.3. The van der Waals surface area contributed by atoms with E-state index in [-0.39, 0.29) is 17.4 Å². The van der Waals surface area contributed by atoms with E-state index in [2.05, 4.69) is 10.2 Å². The zero-order chi connectivity index (χ0) is 22.7. The fraction of sp³-hybridized carbons (Fsp3) is 0.273. The van der Waals surface area contributed by atoms with Gasteiger partial charge >= 0.3 is 0 Å². The molecule has 4 rings (SSSR count). The van der Waals surface area contributed by atoms with Gasteiger partial charge in [-0.15, -0.1) is 10.2 Å². The van der Waals surface area contributed by atoms with Gasteiger partial charge in [0.1, 0.15) is 5.82 Å². The summed E-state index contributed by atoms with van der Waals surface area (Å²) in [6, 6.07) is 11.7. The summed E-state index contributed by atoms with van der Waals surface area (Å²) in [6.07, 6.45) is 0. The number of ketones is 1. The first-order chi connectivity index (χ1) is 15.4. The van der Waals surface area contributed by atoms with Crippen molar-refractivity contribution in [1.29, 1.82) is 0 Å². The number of amides is 1. The minimum Gasteiger partial charge on any atom is -0.411 e. The molecule has 0 N–H and O–H groups in total. The molecule has 166 valence electrons. The molecule has 1 amide bonds. The Morgan fingerprint density at radius 3 is 2.56 bits per heavy atom. The molecule has 0 saturated carbocycles. The van der Waals surface area contributed by atoms with Gasteiger partial charge in [-0.1, -0.05) is 35.5 Å².